The van der Waals surface area contributed by atoms with E-state index in [1.54, 1.807) is 12.5 Å². The standard InChI is InChI=1S/C15H17N3O3/c1-15(2)20-9-12-11(4-3-5-14(12)21-15)13(17-19)8-18-7-6-16-10-18/h3-7,10,19H,8-9H2,1-2H3. The van der Waals surface area contributed by atoms with Crippen molar-refractivity contribution >= 4 is 5.71 Å². The zero-order valence-electron chi connectivity index (χ0n) is 12.0. The lowest BCUT2D eigenvalue weighted by atomic mass is 10.0. The second-order valence-corrected chi connectivity index (χ2v) is 5.35. The summed E-state index contributed by atoms with van der Waals surface area (Å²) in [6, 6.07) is 5.68. The van der Waals surface area contributed by atoms with Crippen LogP contribution < -0.4 is 4.74 Å². The molecule has 6 heteroatoms. The molecule has 6 nitrogen and oxygen atoms in total. The van der Waals surface area contributed by atoms with E-state index in [-0.39, 0.29) is 0 Å². The first-order chi connectivity index (χ1) is 10.1. The molecule has 0 radical (unpaired) electrons. The third-order valence-electron chi connectivity index (χ3n) is 3.38. The van der Waals surface area contributed by atoms with Crippen molar-refractivity contribution in [1.29, 1.82) is 0 Å². The molecule has 2 heterocycles. The Morgan fingerprint density at radius 1 is 1.48 bits per heavy atom. The van der Waals surface area contributed by atoms with Crippen LogP contribution in [0.15, 0.2) is 42.1 Å². The van der Waals surface area contributed by atoms with E-state index in [1.807, 2.05) is 42.8 Å². The van der Waals surface area contributed by atoms with E-state index in [9.17, 15) is 5.21 Å². The molecule has 0 bridgehead atoms. The van der Waals surface area contributed by atoms with Crippen LogP contribution in [0.4, 0.5) is 0 Å². The first-order valence-corrected chi connectivity index (χ1v) is 6.71. The zero-order valence-corrected chi connectivity index (χ0v) is 12.0. The molecule has 0 aliphatic carbocycles. The van der Waals surface area contributed by atoms with E-state index in [4.69, 9.17) is 9.47 Å². The molecular weight excluding hydrogens is 270 g/mol. The first-order valence-electron chi connectivity index (χ1n) is 6.71. The number of aromatic nitrogens is 2. The van der Waals surface area contributed by atoms with Gasteiger partial charge in [-0.25, -0.2) is 4.98 Å². The van der Waals surface area contributed by atoms with E-state index in [1.165, 1.54) is 0 Å². The maximum absolute atomic E-state index is 9.36. The van der Waals surface area contributed by atoms with Gasteiger partial charge < -0.3 is 19.2 Å². The van der Waals surface area contributed by atoms with Crippen molar-refractivity contribution in [2.75, 3.05) is 0 Å². The summed E-state index contributed by atoms with van der Waals surface area (Å²) in [5.41, 5.74) is 2.25. The van der Waals surface area contributed by atoms with Crippen molar-refractivity contribution < 1.29 is 14.7 Å². The summed E-state index contributed by atoms with van der Waals surface area (Å²) in [6.07, 6.45) is 5.18. The van der Waals surface area contributed by atoms with Gasteiger partial charge in [-0.15, -0.1) is 0 Å². The predicted molar refractivity (Wildman–Crippen MR) is 76.5 cm³/mol. The predicted octanol–water partition coefficient (Wildman–Crippen LogP) is 2.41. The molecule has 1 aromatic heterocycles. The Morgan fingerprint density at radius 3 is 3.05 bits per heavy atom. The van der Waals surface area contributed by atoms with Gasteiger partial charge in [0.2, 0.25) is 5.79 Å². The van der Waals surface area contributed by atoms with Crippen molar-refractivity contribution in [3.63, 3.8) is 0 Å². The summed E-state index contributed by atoms with van der Waals surface area (Å²) < 4.78 is 13.3. The van der Waals surface area contributed by atoms with E-state index >= 15 is 0 Å². The molecule has 0 fully saturated rings. The lowest BCUT2D eigenvalue weighted by Crippen LogP contribution is -2.36. The van der Waals surface area contributed by atoms with Crippen LogP contribution in [0, 0.1) is 0 Å². The Hall–Kier alpha value is -2.34. The molecule has 1 N–H and O–H groups in total. The smallest absolute Gasteiger partial charge is 0.205 e. The molecule has 0 saturated carbocycles. The SMILES string of the molecule is CC1(C)OCc2c(cccc2C(Cn2ccnc2)=NO)O1. The van der Waals surface area contributed by atoms with Gasteiger partial charge in [0.15, 0.2) is 0 Å². The third-order valence-corrected chi connectivity index (χ3v) is 3.38. The number of ether oxygens (including phenoxy) is 2. The fraction of sp³-hybridized carbons (Fsp3) is 0.333. The van der Waals surface area contributed by atoms with Gasteiger partial charge >= 0.3 is 0 Å². The number of imidazole rings is 1. The average Bonchev–Trinajstić information content (AvgIpc) is 2.96. The van der Waals surface area contributed by atoms with Crippen LogP contribution in [-0.4, -0.2) is 26.3 Å². The van der Waals surface area contributed by atoms with Gasteiger partial charge in [-0.2, -0.15) is 0 Å². The molecule has 0 atom stereocenters. The molecule has 0 amide bonds. The summed E-state index contributed by atoms with van der Waals surface area (Å²) >= 11 is 0. The highest BCUT2D eigenvalue weighted by molar-refractivity contribution is 6.01. The fourth-order valence-corrected chi connectivity index (χ4v) is 2.34. The minimum Gasteiger partial charge on any atom is -0.463 e. The molecule has 0 saturated heterocycles. The molecule has 1 aliphatic heterocycles. The minimum atomic E-state index is -0.646. The van der Waals surface area contributed by atoms with Crippen LogP contribution in [0.2, 0.25) is 0 Å². The quantitative estimate of drug-likeness (QED) is 0.534. The molecule has 1 aliphatic rings. The number of hydrogen-bond donors (Lipinski definition) is 1. The van der Waals surface area contributed by atoms with Crippen LogP contribution in [0.3, 0.4) is 0 Å². The van der Waals surface area contributed by atoms with E-state index in [0.717, 1.165) is 16.9 Å². The number of hydrogen-bond acceptors (Lipinski definition) is 5. The summed E-state index contributed by atoms with van der Waals surface area (Å²) in [4.78, 5) is 3.99. The van der Waals surface area contributed by atoms with E-state index < -0.39 is 5.79 Å². The normalized spacial score (nSPS) is 17.1. The summed E-state index contributed by atoms with van der Waals surface area (Å²) in [5, 5.41) is 12.8. The molecule has 110 valence electrons. The highest BCUT2D eigenvalue weighted by Gasteiger charge is 2.29. The van der Waals surface area contributed by atoms with Crippen LogP contribution in [-0.2, 0) is 17.9 Å². The lowest BCUT2D eigenvalue weighted by Gasteiger charge is -2.33. The van der Waals surface area contributed by atoms with Crippen molar-refractivity contribution in [2.45, 2.75) is 32.8 Å². The molecule has 2 aromatic rings. The van der Waals surface area contributed by atoms with Gasteiger partial charge in [-0.1, -0.05) is 17.3 Å². The van der Waals surface area contributed by atoms with E-state index in [0.29, 0.717) is 18.9 Å². The van der Waals surface area contributed by atoms with Gasteiger partial charge in [0.25, 0.3) is 0 Å². The molecule has 3 rings (SSSR count). The Bertz CT molecular complexity index is 663. The topological polar surface area (TPSA) is 68.9 Å². The highest BCUT2D eigenvalue weighted by atomic mass is 16.7. The van der Waals surface area contributed by atoms with Gasteiger partial charge in [0.05, 0.1) is 19.5 Å². The van der Waals surface area contributed by atoms with Gasteiger partial charge in [-0.3, -0.25) is 0 Å². The van der Waals surface area contributed by atoms with Crippen molar-refractivity contribution in [3.05, 3.63) is 48.0 Å². The molecule has 0 spiro atoms. The van der Waals surface area contributed by atoms with Crippen LogP contribution in [0.1, 0.15) is 25.0 Å². The zero-order chi connectivity index (χ0) is 14.9. The minimum absolute atomic E-state index is 0.418. The third kappa shape index (κ3) is 2.75. The number of oxime groups is 1. The molecule has 0 unspecified atom stereocenters. The fourth-order valence-electron chi connectivity index (χ4n) is 2.34. The number of benzene rings is 1. The maximum atomic E-state index is 9.36. The monoisotopic (exact) mass is 287 g/mol. The molecular formula is C15H17N3O3. The van der Waals surface area contributed by atoms with Crippen molar-refractivity contribution in [3.8, 4) is 5.75 Å². The van der Waals surface area contributed by atoms with Gasteiger partial charge in [0.1, 0.15) is 11.5 Å². The highest BCUT2D eigenvalue weighted by Crippen LogP contribution is 2.33. The first kappa shape index (κ1) is 13.6. The summed E-state index contributed by atoms with van der Waals surface area (Å²) in [6.45, 7) is 4.59. The molecule has 21 heavy (non-hydrogen) atoms. The maximum Gasteiger partial charge on any atom is 0.205 e. The van der Waals surface area contributed by atoms with Crippen molar-refractivity contribution in [2.24, 2.45) is 5.16 Å². The van der Waals surface area contributed by atoms with E-state index in [2.05, 4.69) is 10.1 Å². The van der Waals surface area contributed by atoms with Gasteiger partial charge in [0, 0.05) is 37.4 Å². The summed E-state index contributed by atoms with van der Waals surface area (Å²) in [7, 11) is 0. The van der Waals surface area contributed by atoms with Crippen LogP contribution >= 0.6 is 0 Å². The number of nitrogens with zero attached hydrogens (tertiary/aromatic N) is 3. The molecule has 1 aromatic carbocycles. The van der Waals surface area contributed by atoms with Crippen LogP contribution in [0.25, 0.3) is 0 Å². The van der Waals surface area contributed by atoms with Crippen molar-refractivity contribution in [1.82, 2.24) is 9.55 Å². The van der Waals surface area contributed by atoms with Gasteiger partial charge in [-0.05, 0) is 6.07 Å². The van der Waals surface area contributed by atoms with Crippen LogP contribution in [0.5, 0.6) is 5.75 Å². The second-order valence-electron chi connectivity index (χ2n) is 5.35. The Balaban J connectivity index is 1.95. The Kier molecular flexibility index (Phi) is 3.39. The average molecular weight is 287 g/mol. The Morgan fingerprint density at radius 2 is 2.33 bits per heavy atom. The Labute approximate surface area is 122 Å². The summed E-state index contributed by atoms with van der Waals surface area (Å²) in [5.74, 6) is 0.113. The largest absolute Gasteiger partial charge is 0.463 e. The number of rotatable bonds is 3. The second kappa shape index (κ2) is 5.21. The number of fused-ring (bicyclic) bond motifs is 1. The lowest BCUT2D eigenvalue weighted by molar-refractivity contribution is -0.180.